The topological polar surface area (TPSA) is 30.7 Å². The smallest absolute Gasteiger partial charge is 0.160 e. The molecule has 2 aliphatic rings. The lowest BCUT2D eigenvalue weighted by molar-refractivity contribution is 0.661. The molecule has 0 aliphatic heterocycles. The molecule has 0 saturated heterocycles. The first-order valence-electron chi connectivity index (χ1n) is 16.2. The van der Waals surface area contributed by atoms with Crippen molar-refractivity contribution in [3.63, 3.8) is 0 Å². The van der Waals surface area contributed by atoms with Gasteiger partial charge < -0.3 is 4.57 Å². The van der Waals surface area contributed by atoms with Gasteiger partial charge in [0, 0.05) is 33.0 Å². The highest BCUT2D eigenvalue weighted by molar-refractivity contribution is 6.11. The molecule has 7 aromatic rings. The molecule has 0 N–H and O–H groups in total. The Morgan fingerprint density at radius 2 is 1.35 bits per heavy atom. The maximum atomic E-state index is 5.08. The van der Waals surface area contributed by atoms with E-state index in [0.717, 1.165) is 52.4 Å². The van der Waals surface area contributed by atoms with Crippen LogP contribution >= 0.6 is 0 Å². The van der Waals surface area contributed by atoms with E-state index >= 15 is 0 Å². The van der Waals surface area contributed by atoms with Gasteiger partial charge in [-0.05, 0) is 89.2 Å². The van der Waals surface area contributed by atoms with Gasteiger partial charge in [0.15, 0.2) is 5.82 Å². The summed E-state index contributed by atoms with van der Waals surface area (Å²) in [7, 11) is 0. The van der Waals surface area contributed by atoms with Crippen molar-refractivity contribution in [3.8, 4) is 39.5 Å². The highest BCUT2D eigenvalue weighted by Gasteiger charge is 2.36. The fraction of sp³-hybridized carbons (Fsp3) is 0.116. The molecule has 3 heteroatoms. The highest BCUT2D eigenvalue weighted by atomic mass is 15.0. The normalized spacial score (nSPS) is 14.8. The molecule has 2 aliphatic carbocycles. The zero-order valence-electron chi connectivity index (χ0n) is 26.0. The number of fused-ring (bicyclic) bond motifs is 6. The number of benzene rings is 5. The van der Waals surface area contributed by atoms with Crippen molar-refractivity contribution in [2.24, 2.45) is 0 Å². The predicted octanol–water partition coefficient (Wildman–Crippen LogP) is 10.9. The number of hydrogen-bond donors (Lipinski definition) is 0. The molecular weight excluding hydrogens is 558 g/mol. The molecule has 9 rings (SSSR count). The summed E-state index contributed by atoms with van der Waals surface area (Å²) in [5.74, 6) is 0.738. The second-order valence-corrected chi connectivity index (χ2v) is 13.0. The summed E-state index contributed by atoms with van der Waals surface area (Å²) in [6.07, 6.45) is 8.81. The van der Waals surface area contributed by atoms with Crippen LogP contribution in [-0.4, -0.2) is 14.5 Å². The second-order valence-electron chi connectivity index (χ2n) is 13.0. The zero-order chi connectivity index (χ0) is 30.8. The molecule has 5 aromatic carbocycles. The molecule has 2 aromatic heterocycles. The molecule has 0 fully saturated rings. The van der Waals surface area contributed by atoms with E-state index in [1.807, 2.05) is 6.07 Å². The summed E-state index contributed by atoms with van der Waals surface area (Å²) in [4.78, 5) is 10.1. The first kappa shape index (κ1) is 26.8. The number of hydrogen-bond acceptors (Lipinski definition) is 2. The van der Waals surface area contributed by atoms with E-state index < -0.39 is 0 Å². The van der Waals surface area contributed by atoms with Gasteiger partial charge in [-0.15, -0.1) is 0 Å². The van der Waals surface area contributed by atoms with E-state index in [1.54, 1.807) is 0 Å². The molecule has 220 valence electrons. The van der Waals surface area contributed by atoms with Crippen molar-refractivity contribution in [1.29, 1.82) is 0 Å². The van der Waals surface area contributed by atoms with E-state index in [1.165, 1.54) is 44.1 Å². The number of allylic oxidation sites excluding steroid dienone is 4. The van der Waals surface area contributed by atoms with Crippen LogP contribution in [0.15, 0.2) is 140 Å². The van der Waals surface area contributed by atoms with Gasteiger partial charge in [-0.2, -0.15) is 0 Å². The Morgan fingerprint density at radius 3 is 2.17 bits per heavy atom. The van der Waals surface area contributed by atoms with Gasteiger partial charge in [0.25, 0.3) is 0 Å². The molecule has 0 atom stereocenters. The fourth-order valence-corrected chi connectivity index (χ4v) is 7.49. The standard InChI is InChI=1S/C43H33N3/c1-43(2)36-19-11-9-17-32(36)34-25-35-33-18-10-12-20-40(33)46(41(35)26-37(34)43)31-23-21-30(22-24-31)42-44-38(28-13-5-3-6-14-28)27-39(45-42)29-15-7-4-8-16-29/h3,5-7,9-27H,4,8H2,1-2H3. The Hall–Kier alpha value is -5.54. The van der Waals surface area contributed by atoms with E-state index in [9.17, 15) is 0 Å². The number of rotatable bonds is 4. The van der Waals surface area contributed by atoms with E-state index in [0.29, 0.717) is 0 Å². The molecular formula is C43H33N3. The quantitative estimate of drug-likeness (QED) is 0.204. The number of aromatic nitrogens is 3. The van der Waals surface area contributed by atoms with Gasteiger partial charge in [0.05, 0.1) is 22.4 Å². The zero-order valence-corrected chi connectivity index (χ0v) is 26.0. The Labute approximate surface area is 269 Å². The molecule has 0 amide bonds. The van der Waals surface area contributed by atoms with Crippen LogP contribution in [0.2, 0.25) is 0 Å². The first-order chi connectivity index (χ1) is 22.6. The summed E-state index contributed by atoms with van der Waals surface area (Å²) in [5.41, 5.74) is 14.1. The summed E-state index contributed by atoms with van der Waals surface area (Å²) in [6, 6.07) is 43.8. The van der Waals surface area contributed by atoms with Crippen molar-refractivity contribution >= 4 is 27.4 Å². The van der Waals surface area contributed by atoms with Gasteiger partial charge in [-0.1, -0.05) is 105 Å². The Morgan fingerprint density at radius 1 is 0.587 bits per heavy atom. The van der Waals surface area contributed by atoms with Crippen molar-refractivity contribution in [1.82, 2.24) is 14.5 Å². The Bertz CT molecular complexity index is 2370. The molecule has 2 heterocycles. The predicted molar refractivity (Wildman–Crippen MR) is 191 cm³/mol. The van der Waals surface area contributed by atoms with Crippen molar-refractivity contribution in [2.75, 3.05) is 0 Å². The minimum atomic E-state index is -0.0625. The molecule has 0 bridgehead atoms. The minimum absolute atomic E-state index is 0.0625. The summed E-state index contributed by atoms with van der Waals surface area (Å²) >= 11 is 0. The average molecular weight is 592 g/mol. The van der Waals surface area contributed by atoms with Crippen molar-refractivity contribution < 1.29 is 0 Å². The van der Waals surface area contributed by atoms with Crippen LogP contribution in [0.1, 0.15) is 43.5 Å². The lowest BCUT2D eigenvalue weighted by Crippen LogP contribution is -2.14. The van der Waals surface area contributed by atoms with Crippen LogP contribution < -0.4 is 0 Å². The Kier molecular flexibility index (Phi) is 5.98. The third kappa shape index (κ3) is 4.12. The minimum Gasteiger partial charge on any atom is -0.309 e. The average Bonchev–Trinajstić information content (AvgIpc) is 3.56. The van der Waals surface area contributed by atoms with Gasteiger partial charge in [0.2, 0.25) is 0 Å². The largest absolute Gasteiger partial charge is 0.309 e. The van der Waals surface area contributed by atoms with Crippen molar-refractivity contribution in [3.05, 3.63) is 156 Å². The Balaban J connectivity index is 1.19. The van der Waals surface area contributed by atoms with Gasteiger partial charge in [-0.25, -0.2) is 9.97 Å². The molecule has 0 unspecified atom stereocenters. The molecule has 0 spiro atoms. The lowest BCUT2D eigenvalue weighted by atomic mass is 9.82. The third-order valence-corrected chi connectivity index (χ3v) is 9.85. The van der Waals surface area contributed by atoms with Gasteiger partial charge >= 0.3 is 0 Å². The highest BCUT2D eigenvalue weighted by Crippen LogP contribution is 2.51. The lowest BCUT2D eigenvalue weighted by Gasteiger charge is -2.21. The maximum absolute atomic E-state index is 5.08. The summed E-state index contributed by atoms with van der Waals surface area (Å²) < 4.78 is 2.41. The fourth-order valence-electron chi connectivity index (χ4n) is 7.49. The first-order valence-corrected chi connectivity index (χ1v) is 16.2. The van der Waals surface area contributed by atoms with E-state index in [2.05, 4.69) is 152 Å². The van der Waals surface area contributed by atoms with E-state index in [-0.39, 0.29) is 5.41 Å². The molecule has 0 radical (unpaired) electrons. The van der Waals surface area contributed by atoms with Crippen LogP contribution in [0.5, 0.6) is 0 Å². The molecule has 0 saturated carbocycles. The summed E-state index contributed by atoms with van der Waals surface area (Å²) in [6.45, 7) is 4.70. The number of nitrogens with zero attached hydrogens (tertiary/aromatic N) is 3. The maximum Gasteiger partial charge on any atom is 0.160 e. The van der Waals surface area contributed by atoms with Crippen LogP contribution in [-0.2, 0) is 5.41 Å². The van der Waals surface area contributed by atoms with Gasteiger partial charge in [-0.3, -0.25) is 0 Å². The number of para-hydroxylation sites is 1. The van der Waals surface area contributed by atoms with Crippen LogP contribution in [0, 0.1) is 0 Å². The monoisotopic (exact) mass is 591 g/mol. The second kappa shape index (κ2) is 10.3. The van der Waals surface area contributed by atoms with Crippen LogP contribution in [0.25, 0.3) is 66.8 Å². The third-order valence-electron chi connectivity index (χ3n) is 9.85. The molecule has 3 nitrogen and oxygen atoms in total. The van der Waals surface area contributed by atoms with E-state index in [4.69, 9.17) is 9.97 Å². The SMILES string of the molecule is CC1(C)c2ccccc2-c2cc3c4ccccc4n(-c4ccc(-c5nc(C6=CCCC=C6)cc(-c6ccccc6)n5)cc4)c3cc21. The van der Waals surface area contributed by atoms with Crippen molar-refractivity contribution in [2.45, 2.75) is 32.1 Å². The van der Waals surface area contributed by atoms with Crippen LogP contribution in [0.3, 0.4) is 0 Å². The summed E-state index contributed by atoms with van der Waals surface area (Å²) in [5, 5.41) is 2.55. The van der Waals surface area contributed by atoms with Gasteiger partial charge in [0.1, 0.15) is 0 Å². The molecule has 46 heavy (non-hydrogen) atoms. The van der Waals surface area contributed by atoms with Crippen LogP contribution in [0.4, 0.5) is 0 Å².